The van der Waals surface area contributed by atoms with Crippen LogP contribution >= 0.6 is 11.3 Å². The standard InChI is InChI=1S/C15H18N2OS/c1-10(2)16-7-11-8-17-15(19-11)13-9-18-14-6-4-3-5-12(13)14/h3-6,8,10,13,16H,7,9H2,1-2H3. The van der Waals surface area contributed by atoms with Crippen molar-refractivity contribution in [3.63, 3.8) is 0 Å². The summed E-state index contributed by atoms with van der Waals surface area (Å²) in [6, 6.07) is 8.75. The quantitative estimate of drug-likeness (QED) is 0.930. The second kappa shape index (κ2) is 5.31. The number of benzene rings is 1. The average Bonchev–Trinajstić information content (AvgIpc) is 3.02. The van der Waals surface area contributed by atoms with Gasteiger partial charge in [0.15, 0.2) is 0 Å². The Morgan fingerprint density at radius 1 is 1.42 bits per heavy atom. The van der Waals surface area contributed by atoms with Crippen molar-refractivity contribution < 1.29 is 4.74 Å². The van der Waals surface area contributed by atoms with Crippen molar-refractivity contribution in [3.05, 3.63) is 45.9 Å². The van der Waals surface area contributed by atoms with Gasteiger partial charge in [0.1, 0.15) is 17.4 Å². The highest BCUT2D eigenvalue weighted by Gasteiger charge is 2.27. The van der Waals surface area contributed by atoms with Crippen LogP contribution in [0.5, 0.6) is 5.75 Å². The summed E-state index contributed by atoms with van der Waals surface area (Å²) >= 11 is 1.78. The van der Waals surface area contributed by atoms with Gasteiger partial charge in [-0.15, -0.1) is 11.3 Å². The summed E-state index contributed by atoms with van der Waals surface area (Å²) in [5.41, 5.74) is 1.26. The Kier molecular flexibility index (Phi) is 3.53. The number of ether oxygens (including phenoxy) is 1. The average molecular weight is 274 g/mol. The van der Waals surface area contributed by atoms with Crippen molar-refractivity contribution in [2.45, 2.75) is 32.4 Å². The molecular formula is C15H18N2OS. The smallest absolute Gasteiger partial charge is 0.123 e. The molecule has 3 nitrogen and oxygen atoms in total. The molecule has 3 rings (SSSR count). The van der Waals surface area contributed by atoms with E-state index in [1.807, 2.05) is 18.3 Å². The highest BCUT2D eigenvalue weighted by molar-refractivity contribution is 7.11. The largest absolute Gasteiger partial charge is 0.492 e. The van der Waals surface area contributed by atoms with E-state index in [4.69, 9.17) is 4.74 Å². The number of fused-ring (bicyclic) bond motifs is 1. The molecule has 100 valence electrons. The predicted octanol–water partition coefficient (Wildman–Crippen LogP) is 3.17. The van der Waals surface area contributed by atoms with E-state index in [9.17, 15) is 0 Å². The van der Waals surface area contributed by atoms with Crippen LogP contribution in [-0.4, -0.2) is 17.6 Å². The van der Waals surface area contributed by atoms with E-state index in [0.29, 0.717) is 18.6 Å². The zero-order chi connectivity index (χ0) is 13.2. The Morgan fingerprint density at radius 2 is 2.26 bits per heavy atom. The lowest BCUT2D eigenvalue weighted by Crippen LogP contribution is -2.21. The van der Waals surface area contributed by atoms with Crippen LogP contribution in [0.25, 0.3) is 0 Å². The van der Waals surface area contributed by atoms with Crippen molar-refractivity contribution in [1.29, 1.82) is 0 Å². The highest BCUT2D eigenvalue weighted by Crippen LogP contribution is 2.39. The summed E-state index contributed by atoms with van der Waals surface area (Å²) in [6.07, 6.45) is 1.98. The minimum Gasteiger partial charge on any atom is -0.492 e. The van der Waals surface area contributed by atoms with Crippen molar-refractivity contribution in [3.8, 4) is 5.75 Å². The van der Waals surface area contributed by atoms with E-state index in [2.05, 4.69) is 36.3 Å². The number of hydrogen-bond acceptors (Lipinski definition) is 4. The maximum absolute atomic E-state index is 5.72. The van der Waals surface area contributed by atoms with Gasteiger partial charge in [0.2, 0.25) is 0 Å². The third-order valence-electron chi connectivity index (χ3n) is 3.25. The zero-order valence-corrected chi connectivity index (χ0v) is 12.0. The number of para-hydroxylation sites is 1. The fourth-order valence-electron chi connectivity index (χ4n) is 2.24. The molecule has 1 unspecified atom stereocenters. The van der Waals surface area contributed by atoms with Crippen molar-refractivity contribution in [2.24, 2.45) is 0 Å². The summed E-state index contributed by atoms with van der Waals surface area (Å²) in [5, 5.41) is 4.58. The summed E-state index contributed by atoms with van der Waals surface area (Å²) in [6.45, 7) is 5.92. The van der Waals surface area contributed by atoms with Crippen molar-refractivity contribution in [2.75, 3.05) is 6.61 Å². The van der Waals surface area contributed by atoms with Crippen molar-refractivity contribution >= 4 is 11.3 Å². The molecular weight excluding hydrogens is 256 g/mol. The molecule has 0 radical (unpaired) electrons. The molecule has 0 spiro atoms. The Morgan fingerprint density at radius 3 is 3.11 bits per heavy atom. The molecule has 0 saturated heterocycles. The first kappa shape index (κ1) is 12.6. The van der Waals surface area contributed by atoms with Crippen LogP contribution in [0.4, 0.5) is 0 Å². The molecule has 4 heteroatoms. The Bertz CT molecular complexity index is 565. The number of rotatable bonds is 4. The summed E-state index contributed by atoms with van der Waals surface area (Å²) in [4.78, 5) is 5.86. The molecule has 1 aromatic heterocycles. The SMILES string of the molecule is CC(C)NCc1cnc(C2COc3ccccc32)s1. The van der Waals surface area contributed by atoms with Crippen molar-refractivity contribution in [1.82, 2.24) is 10.3 Å². The molecule has 2 aromatic rings. The van der Waals surface area contributed by atoms with Gasteiger partial charge in [-0.05, 0) is 6.07 Å². The van der Waals surface area contributed by atoms with E-state index >= 15 is 0 Å². The lowest BCUT2D eigenvalue weighted by Gasteiger charge is -2.05. The number of thiazole rings is 1. The first-order chi connectivity index (χ1) is 9.24. The fourth-order valence-corrected chi connectivity index (χ4v) is 3.21. The minimum absolute atomic E-state index is 0.300. The number of nitrogens with zero attached hydrogens (tertiary/aromatic N) is 1. The molecule has 1 atom stereocenters. The van der Waals surface area contributed by atoms with E-state index in [0.717, 1.165) is 17.3 Å². The van der Waals surface area contributed by atoms with Gasteiger partial charge in [-0.3, -0.25) is 0 Å². The molecule has 1 aliphatic heterocycles. The van der Waals surface area contributed by atoms with E-state index in [1.165, 1.54) is 10.4 Å². The number of hydrogen-bond donors (Lipinski definition) is 1. The molecule has 0 bridgehead atoms. The van der Waals surface area contributed by atoms with E-state index in [-0.39, 0.29) is 0 Å². The van der Waals surface area contributed by atoms with Gasteiger partial charge >= 0.3 is 0 Å². The summed E-state index contributed by atoms with van der Waals surface area (Å²) < 4.78 is 5.72. The number of aromatic nitrogens is 1. The van der Waals surface area contributed by atoms with Crippen LogP contribution in [0.15, 0.2) is 30.5 Å². The Balaban J connectivity index is 1.77. The lowest BCUT2D eigenvalue weighted by atomic mass is 10.0. The molecule has 1 N–H and O–H groups in total. The van der Waals surface area contributed by atoms with Gasteiger partial charge in [0, 0.05) is 29.2 Å². The Labute approximate surface area is 117 Å². The van der Waals surface area contributed by atoms with E-state index in [1.54, 1.807) is 11.3 Å². The molecule has 2 heterocycles. The first-order valence-corrected chi connectivity index (χ1v) is 7.45. The van der Waals surface area contributed by atoms with Crippen LogP contribution in [0.2, 0.25) is 0 Å². The highest BCUT2D eigenvalue weighted by atomic mass is 32.1. The maximum atomic E-state index is 5.72. The van der Waals surface area contributed by atoms with Crippen LogP contribution < -0.4 is 10.1 Å². The second-order valence-corrected chi connectivity index (χ2v) is 6.25. The third-order valence-corrected chi connectivity index (χ3v) is 4.37. The Hall–Kier alpha value is -1.39. The fraction of sp³-hybridized carbons (Fsp3) is 0.400. The molecule has 0 aliphatic carbocycles. The molecule has 0 saturated carbocycles. The van der Waals surface area contributed by atoms with Crippen LogP contribution in [0.3, 0.4) is 0 Å². The topological polar surface area (TPSA) is 34.2 Å². The lowest BCUT2D eigenvalue weighted by molar-refractivity contribution is 0.343. The van der Waals surface area contributed by atoms with Gasteiger partial charge in [-0.1, -0.05) is 32.0 Å². The molecule has 1 aliphatic rings. The van der Waals surface area contributed by atoms with Gasteiger partial charge in [-0.2, -0.15) is 0 Å². The molecule has 19 heavy (non-hydrogen) atoms. The molecule has 1 aromatic carbocycles. The van der Waals surface area contributed by atoms with Gasteiger partial charge in [-0.25, -0.2) is 4.98 Å². The van der Waals surface area contributed by atoms with Crippen LogP contribution in [-0.2, 0) is 6.54 Å². The van der Waals surface area contributed by atoms with Gasteiger partial charge in [0.05, 0.1) is 5.92 Å². The number of nitrogens with one attached hydrogen (secondary N) is 1. The third kappa shape index (κ3) is 2.65. The zero-order valence-electron chi connectivity index (χ0n) is 11.2. The minimum atomic E-state index is 0.300. The van der Waals surface area contributed by atoms with Crippen LogP contribution in [0, 0.1) is 0 Å². The normalized spacial score (nSPS) is 17.5. The second-order valence-electron chi connectivity index (χ2n) is 5.10. The van der Waals surface area contributed by atoms with Gasteiger partial charge in [0.25, 0.3) is 0 Å². The van der Waals surface area contributed by atoms with Gasteiger partial charge < -0.3 is 10.1 Å². The summed E-state index contributed by atoms with van der Waals surface area (Å²) in [7, 11) is 0. The predicted molar refractivity (Wildman–Crippen MR) is 77.9 cm³/mol. The monoisotopic (exact) mass is 274 g/mol. The summed E-state index contributed by atoms with van der Waals surface area (Å²) in [5.74, 6) is 1.30. The first-order valence-electron chi connectivity index (χ1n) is 6.63. The molecule has 0 amide bonds. The van der Waals surface area contributed by atoms with Crippen LogP contribution in [0.1, 0.15) is 35.2 Å². The maximum Gasteiger partial charge on any atom is 0.123 e. The van der Waals surface area contributed by atoms with E-state index < -0.39 is 0 Å². The molecule has 0 fully saturated rings.